The zero-order chi connectivity index (χ0) is 13.1. The molecule has 3 aliphatic rings. The number of nitrogens with one attached hydrogen (secondary N) is 1. The highest BCUT2D eigenvalue weighted by molar-refractivity contribution is 8.00. The van der Waals surface area contributed by atoms with Crippen LogP contribution in [0.3, 0.4) is 0 Å². The first-order chi connectivity index (χ1) is 9.34. The lowest BCUT2D eigenvalue weighted by Crippen LogP contribution is -2.45. The molecule has 1 amide bonds. The molecule has 2 heterocycles. The van der Waals surface area contributed by atoms with Gasteiger partial charge in [0.25, 0.3) is 0 Å². The highest BCUT2D eigenvalue weighted by Gasteiger charge is 2.37. The van der Waals surface area contributed by atoms with Crippen LogP contribution in [-0.4, -0.2) is 47.5 Å². The first-order valence-electron chi connectivity index (χ1n) is 7.97. The SMILES string of the molecule is O=C(C1CCCCS1)N(CC1CCCNC1)C1CC1. The van der Waals surface area contributed by atoms with Crippen molar-refractivity contribution in [2.45, 2.75) is 56.2 Å². The summed E-state index contributed by atoms with van der Waals surface area (Å²) in [4.78, 5) is 15.0. The summed E-state index contributed by atoms with van der Waals surface area (Å²) in [5, 5.41) is 3.74. The largest absolute Gasteiger partial charge is 0.338 e. The van der Waals surface area contributed by atoms with Gasteiger partial charge in [-0.3, -0.25) is 4.79 Å². The second-order valence-electron chi connectivity index (χ2n) is 6.29. The molecule has 4 heteroatoms. The summed E-state index contributed by atoms with van der Waals surface area (Å²) in [5.41, 5.74) is 0. The normalized spacial score (nSPS) is 32.0. The number of hydrogen-bond donors (Lipinski definition) is 1. The van der Waals surface area contributed by atoms with E-state index in [0.717, 1.165) is 26.1 Å². The lowest BCUT2D eigenvalue weighted by molar-refractivity contribution is -0.132. The maximum atomic E-state index is 12.7. The summed E-state index contributed by atoms with van der Waals surface area (Å²) in [6.07, 6.45) is 8.69. The summed E-state index contributed by atoms with van der Waals surface area (Å²) in [7, 11) is 0. The van der Waals surface area contributed by atoms with Crippen LogP contribution in [0.25, 0.3) is 0 Å². The van der Waals surface area contributed by atoms with Crippen molar-refractivity contribution in [3.05, 3.63) is 0 Å². The Labute approximate surface area is 120 Å². The fourth-order valence-electron chi connectivity index (χ4n) is 3.28. The Morgan fingerprint density at radius 3 is 2.68 bits per heavy atom. The van der Waals surface area contributed by atoms with Gasteiger partial charge in [0.1, 0.15) is 0 Å². The predicted molar refractivity (Wildman–Crippen MR) is 80.4 cm³/mol. The van der Waals surface area contributed by atoms with E-state index in [1.807, 2.05) is 11.8 Å². The average Bonchev–Trinajstić information content (AvgIpc) is 3.31. The van der Waals surface area contributed by atoms with Crippen molar-refractivity contribution in [3.8, 4) is 0 Å². The molecule has 3 nitrogen and oxygen atoms in total. The van der Waals surface area contributed by atoms with E-state index in [1.165, 1.54) is 44.3 Å². The number of piperidine rings is 1. The molecular formula is C15H26N2OS. The van der Waals surface area contributed by atoms with Gasteiger partial charge >= 0.3 is 0 Å². The Morgan fingerprint density at radius 1 is 1.16 bits per heavy atom. The molecule has 0 bridgehead atoms. The molecule has 0 aromatic heterocycles. The molecule has 3 fully saturated rings. The van der Waals surface area contributed by atoms with Gasteiger partial charge in [-0.15, -0.1) is 11.8 Å². The first-order valence-corrected chi connectivity index (χ1v) is 9.02. The third-order valence-electron chi connectivity index (χ3n) is 4.58. The van der Waals surface area contributed by atoms with Crippen molar-refractivity contribution in [3.63, 3.8) is 0 Å². The summed E-state index contributed by atoms with van der Waals surface area (Å²) in [6, 6.07) is 0.581. The van der Waals surface area contributed by atoms with Crippen LogP contribution in [0.1, 0.15) is 44.9 Å². The fourth-order valence-corrected chi connectivity index (χ4v) is 4.55. The second kappa shape index (κ2) is 6.49. The van der Waals surface area contributed by atoms with Crippen LogP contribution in [0.4, 0.5) is 0 Å². The van der Waals surface area contributed by atoms with Crippen molar-refractivity contribution in [1.82, 2.24) is 10.2 Å². The molecule has 2 unspecified atom stereocenters. The molecule has 0 spiro atoms. The van der Waals surface area contributed by atoms with Gasteiger partial charge in [0.2, 0.25) is 5.91 Å². The number of carbonyl (C=O) groups excluding carboxylic acids is 1. The van der Waals surface area contributed by atoms with E-state index in [4.69, 9.17) is 0 Å². The molecule has 108 valence electrons. The summed E-state index contributed by atoms with van der Waals surface area (Å²) in [6.45, 7) is 3.27. The van der Waals surface area contributed by atoms with Crippen LogP contribution in [0.5, 0.6) is 0 Å². The van der Waals surface area contributed by atoms with Gasteiger partial charge in [0.15, 0.2) is 0 Å². The zero-order valence-corrected chi connectivity index (χ0v) is 12.6. The molecule has 3 rings (SSSR count). The van der Waals surface area contributed by atoms with E-state index in [9.17, 15) is 4.79 Å². The molecule has 2 saturated heterocycles. The van der Waals surface area contributed by atoms with Crippen LogP contribution in [0.15, 0.2) is 0 Å². The average molecular weight is 282 g/mol. The van der Waals surface area contributed by atoms with Gasteiger partial charge in [-0.1, -0.05) is 6.42 Å². The molecule has 1 N–H and O–H groups in total. The topological polar surface area (TPSA) is 32.3 Å². The van der Waals surface area contributed by atoms with Crippen molar-refractivity contribution in [1.29, 1.82) is 0 Å². The van der Waals surface area contributed by atoms with E-state index in [1.54, 1.807) is 0 Å². The summed E-state index contributed by atoms with van der Waals surface area (Å²) < 4.78 is 0. The molecule has 1 aliphatic carbocycles. The maximum Gasteiger partial charge on any atom is 0.235 e. The van der Waals surface area contributed by atoms with Gasteiger partial charge in [0.05, 0.1) is 5.25 Å². The maximum absolute atomic E-state index is 12.7. The monoisotopic (exact) mass is 282 g/mol. The van der Waals surface area contributed by atoms with Crippen molar-refractivity contribution in [2.24, 2.45) is 5.92 Å². The standard InChI is InChI=1S/C15H26N2OS/c18-15(14-5-1-2-9-19-14)17(13-6-7-13)11-12-4-3-8-16-10-12/h12-14,16H,1-11H2. The Balaban J connectivity index is 1.57. The van der Waals surface area contributed by atoms with Crippen LogP contribution < -0.4 is 5.32 Å². The van der Waals surface area contributed by atoms with Crippen molar-refractivity contribution in [2.75, 3.05) is 25.4 Å². The minimum absolute atomic E-state index is 0.269. The Morgan fingerprint density at radius 2 is 2.05 bits per heavy atom. The number of thioether (sulfide) groups is 1. The number of hydrogen-bond acceptors (Lipinski definition) is 3. The summed E-state index contributed by atoms with van der Waals surface area (Å²) in [5.74, 6) is 2.32. The van der Waals surface area contributed by atoms with Gasteiger partial charge < -0.3 is 10.2 Å². The number of amides is 1. The first kappa shape index (κ1) is 13.7. The minimum atomic E-state index is 0.269. The highest BCUT2D eigenvalue weighted by atomic mass is 32.2. The Kier molecular flexibility index (Phi) is 4.69. The van der Waals surface area contributed by atoms with Gasteiger partial charge in [-0.05, 0) is 63.3 Å². The smallest absolute Gasteiger partial charge is 0.235 e. The zero-order valence-electron chi connectivity index (χ0n) is 11.8. The summed E-state index contributed by atoms with van der Waals surface area (Å²) >= 11 is 1.90. The molecule has 2 atom stereocenters. The van der Waals surface area contributed by atoms with Crippen LogP contribution in [-0.2, 0) is 4.79 Å². The highest BCUT2D eigenvalue weighted by Crippen LogP contribution is 2.33. The molecule has 2 aliphatic heterocycles. The third-order valence-corrected chi connectivity index (χ3v) is 5.94. The van der Waals surface area contributed by atoms with E-state index in [-0.39, 0.29) is 5.25 Å². The minimum Gasteiger partial charge on any atom is -0.338 e. The molecule has 0 aromatic carbocycles. The Hall–Kier alpha value is -0.220. The third kappa shape index (κ3) is 3.66. The molecular weight excluding hydrogens is 256 g/mol. The molecule has 0 radical (unpaired) electrons. The Bertz CT molecular complexity index is 307. The van der Waals surface area contributed by atoms with Crippen LogP contribution in [0, 0.1) is 5.92 Å². The molecule has 1 saturated carbocycles. The number of nitrogens with zero attached hydrogens (tertiary/aromatic N) is 1. The van der Waals surface area contributed by atoms with Gasteiger partial charge in [-0.25, -0.2) is 0 Å². The fraction of sp³-hybridized carbons (Fsp3) is 0.933. The van der Waals surface area contributed by atoms with Gasteiger partial charge in [-0.2, -0.15) is 0 Å². The van der Waals surface area contributed by atoms with Crippen LogP contribution >= 0.6 is 11.8 Å². The van der Waals surface area contributed by atoms with E-state index >= 15 is 0 Å². The van der Waals surface area contributed by atoms with Gasteiger partial charge in [0, 0.05) is 12.6 Å². The number of carbonyl (C=O) groups is 1. The van der Waals surface area contributed by atoms with E-state index in [0.29, 0.717) is 17.9 Å². The quantitative estimate of drug-likeness (QED) is 0.858. The predicted octanol–water partition coefficient (Wildman–Crippen LogP) is 2.26. The van der Waals surface area contributed by atoms with E-state index < -0.39 is 0 Å². The lowest BCUT2D eigenvalue weighted by atomic mass is 9.98. The van der Waals surface area contributed by atoms with Crippen molar-refractivity contribution < 1.29 is 4.79 Å². The second-order valence-corrected chi connectivity index (χ2v) is 7.60. The molecule has 19 heavy (non-hydrogen) atoms. The van der Waals surface area contributed by atoms with E-state index in [2.05, 4.69) is 10.2 Å². The molecule has 0 aromatic rings. The lowest BCUT2D eigenvalue weighted by Gasteiger charge is -2.33. The number of rotatable bonds is 4. The van der Waals surface area contributed by atoms with Crippen molar-refractivity contribution >= 4 is 17.7 Å². The van der Waals surface area contributed by atoms with Crippen LogP contribution in [0.2, 0.25) is 0 Å².